The van der Waals surface area contributed by atoms with Crippen molar-refractivity contribution in [2.45, 2.75) is 40.0 Å². The number of nitrogens with one attached hydrogen (secondary N) is 2. The maximum Gasteiger partial charge on any atom is 0.321 e. The molecule has 2 aliphatic rings. The molecule has 0 spiro atoms. The minimum atomic E-state index is -0.0946. The molecule has 0 saturated carbocycles. The first-order valence-corrected chi connectivity index (χ1v) is 10.7. The van der Waals surface area contributed by atoms with Gasteiger partial charge in [0.05, 0.1) is 4.88 Å². The summed E-state index contributed by atoms with van der Waals surface area (Å²) in [5.41, 5.74) is 3.14. The van der Waals surface area contributed by atoms with E-state index in [1.807, 2.05) is 24.3 Å². The molecule has 2 aromatic rings. The normalized spacial score (nSPS) is 19.3. The van der Waals surface area contributed by atoms with E-state index in [2.05, 4.69) is 37.5 Å². The summed E-state index contributed by atoms with van der Waals surface area (Å²) < 4.78 is 0. The zero-order valence-electron chi connectivity index (χ0n) is 16.7. The van der Waals surface area contributed by atoms with E-state index in [4.69, 9.17) is 0 Å². The van der Waals surface area contributed by atoms with Crippen molar-refractivity contribution in [3.8, 4) is 0 Å². The Kier molecular flexibility index (Phi) is 4.91. The van der Waals surface area contributed by atoms with Gasteiger partial charge in [-0.05, 0) is 60.4 Å². The van der Waals surface area contributed by atoms with Gasteiger partial charge in [0.2, 0.25) is 0 Å². The second kappa shape index (κ2) is 7.24. The molecule has 1 atom stereocenters. The van der Waals surface area contributed by atoms with Crippen molar-refractivity contribution in [2.24, 2.45) is 11.3 Å². The molecule has 148 valence electrons. The Morgan fingerprint density at radius 2 is 2.11 bits per heavy atom. The highest BCUT2D eigenvalue weighted by molar-refractivity contribution is 7.14. The molecule has 1 saturated heterocycles. The third-order valence-electron chi connectivity index (χ3n) is 5.80. The summed E-state index contributed by atoms with van der Waals surface area (Å²) in [6.07, 6.45) is 3.31. The fraction of sp³-hybridized carbons (Fsp3) is 0.455. The number of anilines is 2. The molecule has 4 rings (SSSR count). The molecular weight excluding hydrogens is 370 g/mol. The van der Waals surface area contributed by atoms with Gasteiger partial charge in [-0.3, -0.25) is 9.69 Å². The van der Waals surface area contributed by atoms with Crippen molar-refractivity contribution in [3.63, 3.8) is 0 Å². The van der Waals surface area contributed by atoms with Crippen LogP contribution in [0.1, 0.15) is 47.3 Å². The molecule has 1 unspecified atom stereocenters. The SMILES string of the molecule is CC(C)(C)C1CCc2sc(C(=O)Nc3cccc(N4CCNC4=O)c3)cc2C1. The minimum Gasteiger partial charge on any atom is -0.336 e. The summed E-state index contributed by atoms with van der Waals surface area (Å²) >= 11 is 1.62. The van der Waals surface area contributed by atoms with Crippen LogP contribution >= 0.6 is 11.3 Å². The second-order valence-electron chi connectivity index (χ2n) is 8.75. The lowest BCUT2D eigenvalue weighted by atomic mass is 9.72. The number of benzene rings is 1. The van der Waals surface area contributed by atoms with Gasteiger partial charge in [-0.15, -0.1) is 11.3 Å². The lowest BCUT2D eigenvalue weighted by Crippen LogP contribution is -2.27. The second-order valence-corrected chi connectivity index (χ2v) is 9.89. The number of aryl methyl sites for hydroxylation is 1. The summed E-state index contributed by atoms with van der Waals surface area (Å²) in [7, 11) is 0. The Hall–Kier alpha value is -2.34. The third kappa shape index (κ3) is 3.78. The molecule has 1 aromatic carbocycles. The molecule has 1 aromatic heterocycles. The Bertz CT molecular complexity index is 913. The average Bonchev–Trinajstić information content (AvgIpc) is 3.26. The number of rotatable bonds is 3. The van der Waals surface area contributed by atoms with Crippen molar-refractivity contribution in [1.29, 1.82) is 0 Å². The Morgan fingerprint density at radius 3 is 2.82 bits per heavy atom. The fourth-order valence-electron chi connectivity index (χ4n) is 4.04. The molecule has 5 nitrogen and oxygen atoms in total. The molecule has 0 bridgehead atoms. The molecule has 3 amide bonds. The highest BCUT2D eigenvalue weighted by Gasteiger charge is 2.30. The Labute approximate surface area is 170 Å². The van der Waals surface area contributed by atoms with Gasteiger partial charge >= 0.3 is 6.03 Å². The van der Waals surface area contributed by atoms with E-state index in [9.17, 15) is 9.59 Å². The van der Waals surface area contributed by atoms with E-state index in [0.29, 0.717) is 30.1 Å². The molecular formula is C22H27N3O2S. The van der Waals surface area contributed by atoms with Gasteiger partial charge in [-0.25, -0.2) is 4.79 Å². The third-order valence-corrected chi connectivity index (χ3v) is 7.04. The molecule has 1 aliphatic carbocycles. The van der Waals surface area contributed by atoms with Gasteiger partial charge in [0.15, 0.2) is 0 Å². The van der Waals surface area contributed by atoms with Crippen molar-refractivity contribution in [2.75, 3.05) is 23.3 Å². The molecule has 6 heteroatoms. The summed E-state index contributed by atoms with van der Waals surface area (Å²) in [5, 5.41) is 5.80. The predicted molar refractivity (Wildman–Crippen MR) is 114 cm³/mol. The van der Waals surface area contributed by atoms with Crippen molar-refractivity contribution in [3.05, 3.63) is 45.6 Å². The first-order chi connectivity index (χ1) is 13.3. The van der Waals surface area contributed by atoms with Crippen LogP contribution in [0.4, 0.5) is 16.2 Å². The number of hydrogen-bond donors (Lipinski definition) is 2. The van der Waals surface area contributed by atoms with Crippen LogP contribution in [0.5, 0.6) is 0 Å². The minimum absolute atomic E-state index is 0.0743. The Balaban J connectivity index is 1.48. The van der Waals surface area contributed by atoms with Gasteiger partial charge in [-0.1, -0.05) is 26.8 Å². The summed E-state index contributed by atoms with van der Waals surface area (Å²) in [4.78, 5) is 28.5. The van der Waals surface area contributed by atoms with Crippen LogP contribution in [-0.2, 0) is 12.8 Å². The van der Waals surface area contributed by atoms with Gasteiger partial charge in [0.25, 0.3) is 5.91 Å². The first kappa shape index (κ1) is 19.0. The topological polar surface area (TPSA) is 61.4 Å². The molecule has 1 aliphatic heterocycles. The van der Waals surface area contributed by atoms with Crippen molar-refractivity contribution < 1.29 is 9.59 Å². The van der Waals surface area contributed by atoms with Crippen LogP contribution in [0.15, 0.2) is 30.3 Å². The lowest BCUT2D eigenvalue weighted by molar-refractivity contribution is 0.103. The number of carbonyl (C=O) groups excluding carboxylic acids is 2. The smallest absolute Gasteiger partial charge is 0.321 e. The predicted octanol–water partition coefficient (Wildman–Crippen LogP) is 4.68. The maximum absolute atomic E-state index is 12.8. The van der Waals surface area contributed by atoms with E-state index in [1.165, 1.54) is 16.9 Å². The molecule has 2 N–H and O–H groups in total. The van der Waals surface area contributed by atoms with Gasteiger partial charge in [0, 0.05) is 29.3 Å². The summed E-state index contributed by atoms with van der Waals surface area (Å²) in [5.74, 6) is 0.587. The van der Waals surface area contributed by atoms with Gasteiger partial charge in [0.1, 0.15) is 0 Å². The van der Waals surface area contributed by atoms with E-state index >= 15 is 0 Å². The van der Waals surface area contributed by atoms with Crippen molar-refractivity contribution >= 4 is 34.6 Å². The summed E-state index contributed by atoms with van der Waals surface area (Å²) in [6.45, 7) is 8.19. The van der Waals surface area contributed by atoms with Crippen LogP contribution in [0, 0.1) is 11.3 Å². The van der Waals surface area contributed by atoms with E-state index in [-0.39, 0.29) is 11.9 Å². The summed E-state index contributed by atoms with van der Waals surface area (Å²) in [6, 6.07) is 9.44. The molecule has 1 fully saturated rings. The highest BCUT2D eigenvalue weighted by atomic mass is 32.1. The Morgan fingerprint density at radius 1 is 1.29 bits per heavy atom. The number of amides is 3. The maximum atomic E-state index is 12.8. The zero-order chi connectivity index (χ0) is 19.9. The van der Waals surface area contributed by atoms with E-state index < -0.39 is 0 Å². The zero-order valence-corrected chi connectivity index (χ0v) is 17.5. The van der Waals surface area contributed by atoms with Gasteiger partial charge < -0.3 is 10.6 Å². The van der Waals surface area contributed by atoms with Crippen LogP contribution < -0.4 is 15.5 Å². The van der Waals surface area contributed by atoms with Crippen molar-refractivity contribution in [1.82, 2.24) is 5.32 Å². The first-order valence-electron chi connectivity index (χ1n) is 9.89. The largest absolute Gasteiger partial charge is 0.336 e. The van der Waals surface area contributed by atoms with Crippen LogP contribution in [0.3, 0.4) is 0 Å². The monoisotopic (exact) mass is 397 g/mol. The van der Waals surface area contributed by atoms with E-state index in [0.717, 1.165) is 23.4 Å². The van der Waals surface area contributed by atoms with Gasteiger partial charge in [-0.2, -0.15) is 0 Å². The number of fused-ring (bicyclic) bond motifs is 1. The van der Waals surface area contributed by atoms with Crippen LogP contribution in [-0.4, -0.2) is 25.0 Å². The van der Waals surface area contributed by atoms with Crippen LogP contribution in [0.25, 0.3) is 0 Å². The quantitative estimate of drug-likeness (QED) is 0.790. The molecule has 2 heterocycles. The number of nitrogens with zero attached hydrogens (tertiary/aromatic N) is 1. The molecule has 0 radical (unpaired) electrons. The number of thiophene rings is 1. The fourth-order valence-corrected chi connectivity index (χ4v) is 5.14. The lowest BCUT2D eigenvalue weighted by Gasteiger charge is -2.33. The van der Waals surface area contributed by atoms with E-state index in [1.54, 1.807) is 16.2 Å². The van der Waals surface area contributed by atoms with Crippen LogP contribution in [0.2, 0.25) is 0 Å². The number of urea groups is 1. The highest BCUT2D eigenvalue weighted by Crippen LogP contribution is 2.40. The molecule has 28 heavy (non-hydrogen) atoms. The number of carbonyl (C=O) groups is 2. The average molecular weight is 398 g/mol. The number of hydrogen-bond acceptors (Lipinski definition) is 3. The standard InChI is InChI=1S/C22H27N3O2S/c1-22(2,3)15-7-8-18-14(11-15)12-19(28-18)20(26)24-16-5-4-6-17(13-16)25-10-9-23-21(25)27/h4-6,12-13,15H,7-11H2,1-3H3,(H,23,27)(H,24,26).